The van der Waals surface area contributed by atoms with Gasteiger partial charge in [0.05, 0.1) is 6.07 Å². The largest absolute Gasteiger partial charge is 0.452 e. The van der Waals surface area contributed by atoms with Gasteiger partial charge in [-0.05, 0) is 19.9 Å². The molecule has 2 aromatic rings. The van der Waals surface area contributed by atoms with Gasteiger partial charge >= 0.3 is 0 Å². The highest BCUT2D eigenvalue weighted by molar-refractivity contribution is 6.09. The number of hydrazine groups is 1. The second-order valence-electron chi connectivity index (χ2n) is 6.55. The van der Waals surface area contributed by atoms with Gasteiger partial charge in [0.15, 0.2) is 11.3 Å². The van der Waals surface area contributed by atoms with Crippen LogP contribution in [0.5, 0.6) is 0 Å². The predicted octanol–water partition coefficient (Wildman–Crippen LogP) is 2.08. The molecule has 1 aliphatic heterocycles. The van der Waals surface area contributed by atoms with Gasteiger partial charge in [0.1, 0.15) is 29.9 Å². The molecule has 7 nitrogen and oxygen atoms in total. The fourth-order valence-corrected chi connectivity index (χ4v) is 3.61. The number of rotatable bonds is 3. The Morgan fingerprint density at radius 3 is 2.54 bits per heavy atom. The number of hydrogen-bond donors (Lipinski definition) is 3. The number of nitrogen functional groups attached to an aromatic ring is 2. The fraction of sp³-hybridized carbons (Fsp3) is 0.190. The minimum Gasteiger partial charge on any atom is -0.452 e. The van der Waals surface area contributed by atoms with Crippen molar-refractivity contribution in [1.82, 2.24) is 15.0 Å². The molecule has 0 aromatic heterocycles. The van der Waals surface area contributed by atoms with Crippen LogP contribution in [0.3, 0.4) is 0 Å². The zero-order chi connectivity index (χ0) is 19.8. The Hall–Kier alpha value is -3.45. The molecule has 142 valence electrons. The molecule has 0 spiro atoms. The lowest BCUT2D eigenvalue weighted by Crippen LogP contribution is -2.39. The standard InChI is InChI=1S/C21H21N5O2/c1-3-26(4-2)17-11-18-16(9-14(17)21(27)25-23)24-20-13-8-6-5-7-12(13)15(22)10-19(20)28-18/h5-11H,3-4H2,1-2H3,(H4,22,23,24,25,27)/p+1. The molecule has 28 heavy (non-hydrogen) atoms. The van der Waals surface area contributed by atoms with Crippen molar-refractivity contribution in [2.75, 3.05) is 18.8 Å². The lowest BCUT2D eigenvalue weighted by Gasteiger charge is -2.11. The summed E-state index contributed by atoms with van der Waals surface area (Å²) in [5.41, 5.74) is 11.4. The molecule has 0 bridgehead atoms. The van der Waals surface area contributed by atoms with Crippen molar-refractivity contribution in [2.45, 2.75) is 13.8 Å². The summed E-state index contributed by atoms with van der Waals surface area (Å²) >= 11 is 0. The van der Waals surface area contributed by atoms with Gasteiger partial charge < -0.3 is 10.2 Å². The van der Waals surface area contributed by atoms with Gasteiger partial charge in [-0.25, -0.2) is 15.4 Å². The Morgan fingerprint density at radius 1 is 1.14 bits per heavy atom. The maximum atomic E-state index is 12.4. The van der Waals surface area contributed by atoms with Crippen molar-refractivity contribution in [3.63, 3.8) is 0 Å². The van der Waals surface area contributed by atoms with Crippen LogP contribution in [0.25, 0.3) is 33.3 Å². The molecule has 0 fully saturated rings. The molecule has 0 unspecified atom stereocenters. The van der Waals surface area contributed by atoms with Crippen LogP contribution in [0.1, 0.15) is 24.2 Å². The van der Waals surface area contributed by atoms with E-state index in [-0.39, 0.29) is 5.91 Å². The first-order chi connectivity index (χ1) is 13.6. The Kier molecular flexibility index (Phi) is 4.44. The third-order valence-corrected chi connectivity index (χ3v) is 5.02. The molecule has 1 amide bonds. The van der Waals surface area contributed by atoms with Crippen molar-refractivity contribution < 1.29 is 9.21 Å². The lowest BCUT2D eigenvalue weighted by molar-refractivity contribution is 0.0951. The summed E-state index contributed by atoms with van der Waals surface area (Å²) < 4.78 is 8.22. The fourth-order valence-electron chi connectivity index (χ4n) is 3.61. The van der Waals surface area contributed by atoms with Crippen molar-refractivity contribution in [1.29, 1.82) is 0 Å². The topological polar surface area (TPSA) is 110 Å². The molecular formula is C21H22N5O2+. The summed E-state index contributed by atoms with van der Waals surface area (Å²) in [6, 6.07) is 13.1. The van der Waals surface area contributed by atoms with E-state index < -0.39 is 0 Å². The number of benzene rings is 3. The third-order valence-electron chi connectivity index (χ3n) is 5.02. The monoisotopic (exact) mass is 376 g/mol. The quantitative estimate of drug-likeness (QED) is 0.0964. The van der Waals surface area contributed by atoms with Gasteiger partial charge in [-0.3, -0.25) is 10.2 Å². The number of nitrogens with one attached hydrogen (secondary N) is 1. The molecule has 2 aliphatic rings. The average molecular weight is 376 g/mol. The van der Waals surface area contributed by atoms with Crippen LogP contribution in [-0.4, -0.2) is 24.0 Å². The Balaban J connectivity index is 2.15. The van der Waals surface area contributed by atoms with Crippen LogP contribution in [0.2, 0.25) is 0 Å². The van der Waals surface area contributed by atoms with E-state index in [2.05, 4.69) is 10.0 Å². The van der Waals surface area contributed by atoms with E-state index >= 15 is 0 Å². The van der Waals surface area contributed by atoms with Gasteiger partial charge in [0.2, 0.25) is 5.36 Å². The third kappa shape index (κ3) is 2.76. The molecule has 0 radical (unpaired) electrons. The van der Waals surface area contributed by atoms with Gasteiger partial charge in [-0.1, -0.05) is 24.3 Å². The second-order valence-corrected chi connectivity index (χ2v) is 6.55. The number of amides is 1. The molecular weight excluding hydrogens is 354 g/mol. The van der Waals surface area contributed by atoms with Crippen LogP contribution < -0.4 is 26.9 Å². The Labute approximate surface area is 161 Å². The van der Waals surface area contributed by atoms with Crippen molar-refractivity contribution in [3.05, 3.63) is 53.4 Å². The van der Waals surface area contributed by atoms with E-state index in [4.69, 9.17) is 21.0 Å². The van der Waals surface area contributed by atoms with Crippen LogP contribution in [0.4, 0.5) is 5.69 Å². The summed E-state index contributed by atoms with van der Waals surface area (Å²) in [4.78, 5) is 17.2. The number of carbonyl (C=O) groups excluding carboxylic acids is 1. The maximum Gasteiger partial charge on any atom is 0.271 e. The van der Waals surface area contributed by atoms with Crippen molar-refractivity contribution >= 4 is 33.5 Å². The highest BCUT2D eigenvalue weighted by atomic mass is 16.3. The molecule has 0 saturated carbocycles. The smallest absolute Gasteiger partial charge is 0.271 e. The Bertz CT molecular complexity index is 1250. The average Bonchev–Trinajstić information content (AvgIpc) is 2.72. The van der Waals surface area contributed by atoms with Gasteiger partial charge in [-0.2, -0.15) is 0 Å². The first-order valence-corrected chi connectivity index (χ1v) is 9.22. The van der Waals surface area contributed by atoms with Crippen molar-refractivity contribution in [3.8, 4) is 11.5 Å². The molecule has 2 aromatic carbocycles. The number of hydrogen-bond acceptors (Lipinski definition) is 5. The van der Waals surface area contributed by atoms with E-state index in [0.29, 0.717) is 33.8 Å². The molecule has 7 heteroatoms. The van der Waals surface area contributed by atoms with E-state index in [1.807, 2.05) is 44.2 Å². The second kappa shape index (κ2) is 6.94. The number of carbonyl (C=O) groups is 1. The molecule has 0 atom stereocenters. The number of anilines is 1. The minimum absolute atomic E-state index is 0.368. The molecule has 5 N–H and O–H groups in total. The van der Waals surface area contributed by atoms with E-state index in [1.165, 1.54) is 0 Å². The van der Waals surface area contributed by atoms with Crippen LogP contribution in [0, 0.1) is 0 Å². The predicted molar refractivity (Wildman–Crippen MR) is 111 cm³/mol. The summed E-state index contributed by atoms with van der Waals surface area (Å²) in [5.74, 6) is 5.62. The number of fused-ring (bicyclic) bond motifs is 4. The van der Waals surface area contributed by atoms with Gasteiger partial charge in [-0.15, -0.1) is 0 Å². The zero-order valence-electron chi connectivity index (χ0n) is 15.8. The lowest BCUT2D eigenvalue weighted by atomic mass is 10.1. The molecule has 1 aliphatic carbocycles. The highest BCUT2D eigenvalue weighted by Gasteiger charge is 2.21. The van der Waals surface area contributed by atoms with Crippen molar-refractivity contribution in [2.24, 2.45) is 5.84 Å². The van der Waals surface area contributed by atoms with E-state index in [9.17, 15) is 4.79 Å². The molecule has 4 rings (SSSR count). The van der Waals surface area contributed by atoms with Crippen LogP contribution in [-0.2, 0) is 0 Å². The summed E-state index contributed by atoms with van der Waals surface area (Å²) in [6.45, 7) is 5.54. The SMILES string of the molecule is CC[N+](CC)=c1cc2oc3cc(N)c4ccccc4c3nc-2cc1C(=O)NN. The van der Waals surface area contributed by atoms with Crippen LogP contribution in [0.15, 0.2) is 46.9 Å². The summed E-state index contributed by atoms with van der Waals surface area (Å²) in [6.07, 6.45) is 0. The number of nitrogens with zero attached hydrogens (tertiary/aromatic N) is 2. The summed E-state index contributed by atoms with van der Waals surface area (Å²) in [7, 11) is 0. The van der Waals surface area contributed by atoms with Crippen LogP contribution >= 0.6 is 0 Å². The molecule has 1 heterocycles. The number of nitrogens with two attached hydrogens (primary N) is 2. The first kappa shape index (κ1) is 17.9. The van der Waals surface area contributed by atoms with E-state index in [0.717, 1.165) is 29.2 Å². The normalized spacial score (nSPS) is 11.2. The molecule has 0 saturated heterocycles. The summed E-state index contributed by atoms with van der Waals surface area (Å²) in [5, 5.41) is 2.57. The highest BCUT2D eigenvalue weighted by Crippen LogP contribution is 2.32. The zero-order valence-corrected chi connectivity index (χ0v) is 15.8. The maximum absolute atomic E-state index is 12.4. The number of aromatic nitrogens is 1. The van der Waals surface area contributed by atoms with Gasteiger partial charge in [0.25, 0.3) is 5.91 Å². The first-order valence-electron chi connectivity index (χ1n) is 9.22. The Morgan fingerprint density at radius 2 is 1.86 bits per heavy atom. The van der Waals surface area contributed by atoms with Gasteiger partial charge in [0, 0.05) is 22.5 Å². The minimum atomic E-state index is -0.368. The van der Waals surface area contributed by atoms with E-state index in [1.54, 1.807) is 12.1 Å².